The summed E-state index contributed by atoms with van der Waals surface area (Å²) in [6, 6.07) is 17.2. The second-order valence-corrected chi connectivity index (χ2v) is 6.71. The number of halogens is 1. The van der Waals surface area contributed by atoms with Gasteiger partial charge in [0.2, 0.25) is 0 Å². The number of hydrogen-bond donors (Lipinski definition) is 2. The van der Waals surface area contributed by atoms with Gasteiger partial charge in [-0.1, -0.05) is 35.9 Å². The Morgan fingerprint density at radius 1 is 0.828 bits per heavy atom. The molecule has 0 saturated heterocycles. The van der Waals surface area contributed by atoms with Crippen molar-refractivity contribution in [1.29, 1.82) is 0 Å². The normalized spacial score (nSPS) is 10.3. The van der Waals surface area contributed by atoms with E-state index in [-0.39, 0.29) is 17.0 Å². The average Bonchev–Trinajstić information content (AvgIpc) is 2.71. The molecule has 0 aliphatic heterocycles. The van der Waals surface area contributed by atoms with Crippen LogP contribution in [0.3, 0.4) is 0 Å². The fraction of sp³-hybridized carbons (Fsp3) is 0.0455. The Kier molecular flexibility index (Phi) is 5.95. The first kappa shape index (κ1) is 20.1. The number of nitrogens with one attached hydrogen (secondary N) is 2. The minimum absolute atomic E-state index is 0.00856. The van der Waals surface area contributed by atoms with Crippen molar-refractivity contribution in [1.82, 2.24) is 0 Å². The van der Waals surface area contributed by atoms with Crippen LogP contribution in [0.15, 0.2) is 66.7 Å². The molecule has 0 radical (unpaired) electrons. The molecule has 2 amide bonds. The van der Waals surface area contributed by atoms with Gasteiger partial charge in [0.1, 0.15) is 0 Å². The number of carboxylic acids is 1. The number of rotatable bonds is 5. The molecule has 0 fully saturated rings. The Morgan fingerprint density at radius 3 is 2.14 bits per heavy atom. The Labute approximate surface area is 172 Å². The van der Waals surface area contributed by atoms with Crippen molar-refractivity contribution < 1.29 is 19.5 Å². The third kappa shape index (κ3) is 4.80. The molecule has 7 heteroatoms. The maximum Gasteiger partial charge on any atom is 0.256 e. The van der Waals surface area contributed by atoms with Gasteiger partial charge in [0, 0.05) is 33.1 Å². The van der Waals surface area contributed by atoms with E-state index in [9.17, 15) is 19.5 Å². The quantitative estimate of drug-likeness (QED) is 0.676. The number of amides is 2. The highest BCUT2D eigenvalue weighted by Gasteiger charge is 2.13. The van der Waals surface area contributed by atoms with Gasteiger partial charge in [-0.15, -0.1) is 0 Å². The van der Waals surface area contributed by atoms with Crippen LogP contribution in [0.1, 0.15) is 36.6 Å². The number of hydrogen-bond acceptors (Lipinski definition) is 4. The molecule has 146 valence electrons. The van der Waals surface area contributed by atoms with Crippen molar-refractivity contribution in [3.05, 3.63) is 94.0 Å². The number of aryl methyl sites for hydroxylation is 1. The number of anilines is 2. The molecule has 0 atom stereocenters. The van der Waals surface area contributed by atoms with Gasteiger partial charge in [0.25, 0.3) is 11.8 Å². The highest BCUT2D eigenvalue weighted by atomic mass is 35.5. The fourth-order valence-corrected chi connectivity index (χ4v) is 2.86. The molecule has 3 aromatic rings. The minimum Gasteiger partial charge on any atom is -0.545 e. The lowest BCUT2D eigenvalue weighted by Crippen LogP contribution is -2.26. The molecule has 6 nitrogen and oxygen atoms in total. The largest absolute Gasteiger partial charge is 0.545 e. The molecular weight excluding hydrogens is 392 g/mol. The number of aromatic carboxylic acids is 1. The van der Waals surface area contributed by atoms with E-state index in [1.807, 2.05) is 6.92 Å². The summed E-state index contributed by atoms with van der Waals surface area (Å²) in [7, 11) is 0. The Bertz CT molecular complexity index is 1090. The fourth-order valence-electron chi connectivity index (χ4n) is 2.69. The van der Waals surface area contributed by atoms with E-state index in [1.165, 1.54) is 18.2 Å². The molecule has 0 heterocycles. The van der Waals surface area contributed by atoms with Gasteiger partial charge in [0.15, 0.2) is 0 Å². The number of carbonyl (C=O) groups excluding carboxylic acids is 3. The third-order valence-electron chi connectivity index (χ3n) is 4.24. The van der Waals surface area contributed by atoms with Gasteiger partial charge in [0.05, 0.1) is 5.97 Å². The van der Waals surface area contributed by atoms with Crippen LogP contribution < -0.4 is 15.7 Å². The standard InChI is InChI=1S/C22H17ClN2O4/c1-13-6-9-15(23)12-19(13)25-20(26)14-7-10-16(11-8-14)24-21(27)17-4-2-3-5-18(17)22(28)29/h2-12H,1H3,(H,24,27)(H,25,26)(H,28,29)/p-1. The zero-order chi connectivity index (χ0) is 21.0. The Morgan fingerprint density at radius 2 is 1.48 bits per heavy atom. The smallest absolute Gasteiger partial charge is 0.256 e. The third-order valence-corrected chi connectivity index (χ3v) is 4.48. The van der Waals surface area contributed by atoms with Crippen LogP contribution in [0.5, 0.6) is 0 Å². The van der Waals surface area contributed by atoms with E-state index in [0.29, 0.717) is 22.0 Å². The van der Waals surface area contributed by atoms with Gasteiger partial charge in [-0.2, -0.15) is 0 Å². The van der Waals surface area contributed by atoms with Crippen LogP contribution in [-0.2, 0) is 0 Å². The summed E-state index contributed by atoms with van der Waals surface area (Å²) < 4.78 is 0. The van der Waals surface area contributed by atoms with Gasteiger partial charge in [-0.05, 0) is 55.0 Å². The van der Waals surface area contributed by atoms with Crippen LogP contribution in [0.2, 0.25) is 5.02 Å². The van der Waals surface area contributed by atoms with E-state index in [1.54, 1.807) is 48.5 Å². The zero-order valence-corrected chi connectivity index (χ0v) is 16.1. The van der Waals surface area contributed by atoms with Crippen molar-refractivity contribution in [3.63, 3.8) is 0 Å². The topological polar surface area (TPSA) is 98.3 Å². The van der Waals surface area contributed by atoms with Gasteiger partial charge < -0.3 is 20.5 Å². The maximum atomic E-state index is 12.4. The van der Waals surface area contributed by atoms with Crippen LogP contribution in [0.25, 0.3) is 0 Å². The minimum atomic E-state index is -1.43. The van der Waals surface area contributed by atoms with E-state index in [0.717, 1.165) is 5.56 Å². The summed E-state index contributed by atoms with van der Waals surface area (Å²) in [6.45, 7) is 1.86. The summed E-state index contributed by atoms with van der Waals surface area (Å²) in [5.41, 5.74) is 2.08. The SMILES string of the molecule is Cc1ccc(Cl)cc1NC(=O)c1ccc(NC(=O)c2ccccc2C(=O)[O-])cc1. The molecule has 0 spiro atoms. The molecule has 0 unspecified atom stereocenters. The molecule has 3 aromatic carbocycles. The molecule has 0 aliphatic rings. The Hall–Kier alpha value is -3.64. The predicted molar refractivity (Wildman–Crippen MR) is 109 cm³/mol. The van der Waals surface area contributed by atoms with E-state index in [4.69, 9.17) is 11.6 Å². The van der Waals surface area contributed by atoms with Crippen LogP contribution in [0, 0.1) is 6.92 Å². The lowest BCUT2D eigenvalue weighted by Gasteiger charge is -2.11. The summed E-state index contributed by atoms with van der Waals surface area (Å²) in [5, 5.41) is 17.1. The molecular formula is C22H16ClN2O4-. The average molecular weight is 408 g/mol. The second kappa shape index (κ2) is 8.58. The summed E-state index contributed by atoms with van der Waals surface area (Å²) >= 11 is 5.96. The predicted octanol–water partition coefficient (Wildman–Crippen LogP) is 3.52. The van der Waals surface area contributed by atoms with Crippen molar-refractivity contribution in [3.8, 4) is 0 Å². The van der Waals surface area contributed by atoms with Crippen molar-refractivity contribution in [2.24, 2.45) is 0 Å². The van der Waals surface area contributed by atoms with Crippen molar-refractivity contribution in [2.45, 2.75) is 6.92 Å². The first-order valence-corrected chi connectivity index (χ1v) is 9.02. The highest BCUT2D eigenvalue weighted by Crippen LogP contribution is 2.21. The first-order chi connectivity index (χ1) is 13.8. The molecule has 0 aliphatic carbocycles. The molecule has 0 saturated carbocycles. The van der Waals surface area contributed by atoms with Crippen molar-refractivity contribution >= 4 is 40.8 Å². The van der Waals surface area contributed by atoms with Gasteiger partial charge in [-0.25, -0.2) is 0 Å². The van der Waals surface area contributed by atoms with Crippen molar-refractivity contribution in [2.75, 3.05) is 10.6 Å². The van der Waals surface area contributed by atoms with E-state index >= 15 is 0 Å². The lowest BCUT2D eigenvalue weighted by atomic mass is 10.1. The molecule has 29 heavy (non-hydrogen) atoms. The second-order valence-electron chi connectivity index (χ2n) is 6.28. The monoisotopic (exact) mass is 407 g/mol. The van der Waals surface area contributed by atoms with Gasteiger partial charge in [-0.3, -0.25) is 9.59 Å². The lowest BCUT2D eigenvalue weighted by molar-refractivity contribution is -0.255. The zero-order valence-electron chi connectivity index (χ0n) is 15.4. The summed E-state index contributed by atoms with van der Waals surface area (Å²) in [4.78, 5) is 36.0. The van der Waals surface area contributed by atoms with Crippen LogP contribution in [-0.4, -0.2) is 17.8 Å². The Balaban J connectivity index is 1.72. The van der Waals surface area contributed by atoms with E-state index < -0.39 is 11.9 Å². The van der Waals surface area contributed by atoms with E-state index in [2.05, 4.69) is 10.6 Å². The number of carboxylic acid groups (broad SMARTS) is 1. The molecule has 3 rings (SSSR count). The van der Waals surface area contributed by atoms with Gasteiger partial charge >= 0.3 is 0 Å². The highest BCUT2D eigenvalue weighted by molar-refractivity contribution is 6.31. The molecule has 0 aromatic heterocycles. The first-order valence-electron chi connectivity index (χ1n) is 8.64. The number of carbonyl (C=O) groups is 3. The summed E-state index contributed by atoms with van der Waals surface area (Å²) in [5.74, 6) is -2.34. The number of benzene rings is 3. The summed E-state index contributed by atoms with van der Waals surface area (Å²) in [6.07, 6.45) is 0. The van der Waals surface area contributed by atoms with Crippen LogP contribution >= 0.6 is 11.6 Å². The van der Waals surface area contributed by atoms with Crippen LogP contribution in [0.4, 0.5) is 11.4 Å². The molecule has 0 bridgehead atoms. The maximum absolute atomic E-state index is 12.4. The molecule has 2 N–H and O–H groups in total.